The van der Waals surface area contributed by atoms with E-state index in [0.29, 0.717) is 38.7 Å². The SMILES string of the molecule is CCOC(=O)C1=C(C)N=c2s/c(=C\c3ccc(OCc4ccc([N+](=O)[O-])cc4)cc3)c(=O)n2[C@H]1c1ccc(OCC)cc1. The van der Waals surface area contributed by atoms with Gasteiger partial charge >= 0.3 is 5.97 Å². The molecule has 0 saturated carbocycles. The lowest BCUT2D eigenvalue weighted by atomic mass is 9.96. The van der Waals surface area contributed by atoms with Gasteiger partial charge in [0, 0.05) is 12.1 Å². The van der Waals surface area contributed by atoms with Crippen LogP contribution >= 0.6 is 11.3 Å². The van der Waals surface area contributed by atoms with Gasteiger partial charge in [0.25, 0.3) is 11.2 Å². The molecule has 0 fully saturated rings. The molecule has 0 unspecified atom stereocenters. The number of fused-ring (bicyclic) bond motifs is 1. The normalized spacial score (nSPS) is 14.6. The molecule has 0 bridgehead atoms. The molecule has 3 aromatic carbocycles. The van der Waals surface area contributed by atoms with Crippen molar-refractivity contribution in [1.29, 1.82) is 0 Å². The number of non-ortho nitro benzene ring substituents is 1. The Morgan fingerprint density at radius 3 is 2.26 bits per heavy atom. The number of hydrogen-bond donors (Lipinski definition) is 0. The first kappa shape index (κ1) is 29.5. The second-order valence-corrected chi connectivity index (χ2v) is 10.6. The number of carbonyl (C=O) groups excluding carboxylic acids is 1. The molecule has 1 atom stereocenters. The van der Waals surface area contributed by atoms with E-state index in [1.807, 2.05) is 43.3 Å². The van der Waals surface area contributed by atoms with Crippen molar-refractivity contribution in [3.63, 3.8) is 0 Å². The Balaban J connectivity index is 1.44. The molecule has 0 N–H and O–H groups in total. The summed E-state index contributed by atoms with van der Waals surface area (Å²) in [5.74, 6) is 0.792. The van der Waals surface area contributed by atoms with Crippen LogP contribution < -0.4 is 24.4 Å². The number of rotatable bonds is 10. The zero-order chi connectivity index (χ0) is 30.5. The number of hydrogen-bond acceptors (Lipinski definition) is 9. The third kappa shape index (κ3) is 6.41. The van der Waals surface area contributed by atoms with E-state index in [0.717, 1.165) is 16.7 Å². The van der Waals surface area contributed by atoms with Crippen molar-refractivity contribution in [1.82, 2.24) is 4.57 Å². The maximum absolute atomic E-state index is 13.8. The summed E-state index contributed by atoms with van der Waals surface area (Å²) in [5.41, 5.74) is 2.90. The van der Waals surface area contributed by atoms with Gasteiger partial charge < -0.3 is 14.2 Å². The number of nitrogens with zero attached hydrogens (tertiary/aromatic N) is 3. The second kappa shape index (κ2) is 12.9. The number of carbonyl (C=O) groups is 1. The number of allylic oxidation sites excluding steroid dienone is 1. The summed E-state index contributed by atoms with van der Waals surface area (Å²) in [6.07, 6.45) is 1.78. The lowest BCUT2D eigenvalue weighted by molar-refractivity contribution is -0.384. The summed E-state index contributed by atoms with van der Waals surface area (Å²) < 4.78 is 18.8. The highest BCUT2D eigenvalue weighted by Gasteiger charge is 2.33. The minimum Gasteiger partial charge on any atom is -0.494 e. The van der Waals surface area contributed by atoms with Gasteiger partial charge in [0.1, 0.15) is 18.1 Å². The van der Waals surface area contributed by atoms with E-state index < -0.39 is 16.9 Å². The molecule has 4 aromatic rings. The van der Waals surface area contributed by atoms with E-state index in [1.165, 1.54) is 23.5 Å². The Hall–Kier alpha value is -5.03. The first-order valence-corrected chi connectivity index (χ1v) is 14.5. The largest absolute Gasteiger partial charge is 0.494 e. The van der Waals surface area contributed by atoms with Crippen LogP contribution in [0.5, 0.6) is 11.5 Å². The van der Waals surface area contributed by atoms with Gasteiger partial charge in [-0.25, -0.2) is 9.79 Å². The average Bonchev–Trinajstić information content (AvgIpc) is 3.30. The third-order valence-electron chi connectivity index (χ3n) is 6.75. The maximum Gasteiger partial charge on any atom is 0.338 e. The molecule has 5 rings (SSSR count). The van der Waals surface area contributed by atoms with Crippen LogP contribution in [-0.2, 0) is 16.1 Å². The first-order chi connectivity index (χ1) is 20.8. The Morgan fingerprint density at radius 2 is 1.63 bits per heavy atom. The summed E-state index contributed by atoms with van der Waals surface area (Å²) in [4.78, 5) is 42.4. The van der Waals surface area contributed by atoms with E-state index in [4.69, 9.17) is 14.2 Å². The molecule has 1 aliphatic rings. The van der Waals surface area contributed by atoms with E-state index in [-0.39, 0.29) is 24.5 Å². The van der Waals surface area contributed by atoms with Crippen LogP contribution in [0.4, 0.5) is 5.69 Å². The van der Waals surface area contributed by atoms with Crippen LogP contribution in [0.25, 0.3) is 6.08 Å². The fourth-order valence-corrected chi connectivity index (χ4v) is 5.76. The molecule has 0 amide bonds. The average molecular weight is 600 g/mol. The highest BCUT2D eigenvalue weighted by atomic mass is 32.1. The van der Waals surface area contributed by atoms with Crippen LogP contribution in [-0.4, -0.2) is 28.7 Å². The number of esters is 1. The molecule has 1 aliphatic heterocycles. The molecule has 2 heterocycles. The summed E-state index contributed by atoms with van der Waals surface area (Å²) in [5, 5.41) is 10.8. The summed E-state index contributed by atoms with van der Waals surface area (Å²) in [7, 11) is 0. The molecule has 11 heteroatoms. The standard InChI is InChI=1S/C32H29N3O7S/c1-4-40-25-16-10-23(11-17-25)29-28(31(37)41-5-2)20(3)33-32-34(29)30(36)27(43-32)18-21-8-14-26(15-9-21)42-19-22-6-12-24(13-7-22)35(38)39/h6-18,29H,4-5,19H2,1-3H3/b27-18-/t29-/m0/s1. The van der Waals surface area contributed by atoms with Gasteiger partial charge in [0.05, 0.1) is 40.0 Å². The van der Waals surface area contributed by atoms with Gasteiger partial charge in [0.2, 0.25) is 0 Å². The van der Waals surface area contributed by atoms with Gasteiger partial charge in [-0.15, -0.1) is 0 Å². The quantitative estimate of drug-likeness (QED) is 0.147. The molecule has 1 aromatic heterocycles. The van der Waals surface area contributed by atoms with Crippen molar-refractivity contribution >= 4 is 29.1 Å². The van der Waals surface area contributed by atoms with Crippen LogP contribution in [0, 0.1) is 10.1 Å². The van der Waals surface area contributed by atoms with Gasteiger partial charge in [-0.1, -0.05) is 35.6 Å². The van der Waals surface area contributed by atoms with Crippen molar-refractivity contribution in [2.75, 3.05) is 13.2 Å². The van der Waals surface area contributed by atoms with Gasteiger partial charge in [-0.2, -0.15) is 0 Å². The number of benzene rings is 3. The zero-order valence-corrected chi connectivity index (χ0v) is 24.6. The van der Waals surface area contributed by atoms with Crippen LogP contribution in [0.3, 0.4) is 0 Å². The number of nitro benzene ring substituents is 1. The van der Waals surface area contributed by atoms with Crippen molar-refractivity contribution in [2.24, 2.45) is 4.99 Å². The summed E-state index contributed by atoms with van der Waals surface area (Å²) in [6, 6.07) is 20.1. The van der Waals surface area contributed by atoms with E-state index in [1.54, 1.807) is 48.8 Å². The molecule has 220 valence electrons. The molecule has 10 nitrogen and oxygen atoms in total. The van der Waals surface area contributed by atoms with Crippen molar-refractivity contribution < 1.29 is 23.9 Å². The predicted octanol–water partition coefficient (Wildman–Crippen LogP) is 4.68. The predicted molar refractivity (Wildman–Crippen MR) is 162 cm³/mol. The maximum atomic E-state index is 13.8. The van der Waals surface area contributed by atoms with E-state index in [9.17, 15) is 19.7 Å². The van der Waals surface area contributed by atoms with Gasteiger partial charge in [-0.05, 0) is 79.9 Å². The summed E-state index contributed by atoms with van der Waals surface area (Å²) in [6.45, 7) is 6.36. The zero-order valence-electron chi connectivity index (χ0n) is 23.8. The fraction of sp³-hybridized carbons (Fsp3) is 0.219. The second-order valence-electron chi connectivity index (χ2n) is 9.59. The molecular formula is C32H29N3O7S. The minimum absolute atomic E-state index is 0.0245. The topological polar surface area (TPSA) is 122 Å². The molecule has 0 aliphatic carbocycles. The molecular weight excluding hydrogens is 570 g/mol. The van der Waals surface area contributed by atoms with Crippen LogP contribution in [0.15, 0.2) is 93.9 Å². The van der Waals surface area contributed by atoms with Crippen molar-refractivity contribution in [3.05, 3.63) is 131 Å². The first-order valence-electron chi connectivity index (χ1n) is 13.7. The lowest BCUT2D eigenvalue weighted by Gasteiger charge is -2.24. The van der Waals surface area contributed by atoms with Crippen molar-refractivity contribution in [2.45, 2.75) is 33.4 Å². The van der Waals surface area contributed by atoms with Crippen LogP contribution in [0.1, 0.15) is 43.5 Å². The number of ether oxygens (including phenoxy) is 3. The Labute approximate surface area is 251 Å². The van der Waals surface area contributed by atoms with Gasteiger partial charge in [-0.3, -0.25) is 19.5 Å². The fourth-order valence-electron chi connectivity index (χ4n) is 4.71. The minimum atomic E-state index is -0.705. The van der Waals surface area contributed by atoms with E-state index in [2.05, 4.69) is 4.99 Å². The summed E-state index contributed by atoms with van der Waals surface area (Å²) >= 11 is 1.25. The number of nitro groups is 1. The Bertz CT molecular complexity index is 1860. The Morgan fingerprint density at radius 1 is 0.977 bits per heavy atom. The number of thiazole rings is 1. The molecule has 0 radical (unpaired) electrons. The molecule has 0 saturated heterocycles. The van der Waals surface area contributed by atoms with Crippen LogP contribution in [0.2, 0.25) is 0 Å². The number of aromatic nitrogens is 1. The van der Waals surface area contributed by atoms with Crippen molar-refractivity contribution in [3.8, 4) is 11.5 Å². The monoisotopic (exact) mass is 599 g/mol. The van der Waals surface area contributed by atoms with Gasteiger partial charge in [0.15, 0.2) is 4.80 Å². The lowest BCUT2D eigenvalue weighted by Crippen LogP contribution is -2.39. The third-order valence-corrected chi connectivity index (χ3v) is 7.74. The van der Waals surface area contributed by atoms with E-state index >= 15 is 0 Å². The Kier molecular flexibility index (Phi) is 8.82. The molecule has 43 heavy (non-hydrogen) atoms. The molecule has 0 spiro atoms. The highest BCUT2D eigenvalue weighted by molar-refractivity contribution is 7.07. The highest BCUT2D eigenvalue weighted by Crippen LogP contribution is 2.31. The smallest absolute Gasteiger partial charge is 0.338 e.